The molecule has 1 nitrogen and oxygen atoms in total. The molecule has 84 valence electrons. The minimum absolute atomic E-state index is 0.231. The molecular weight excluding hydrogens is 252 g/mol. The van der Waals surface area contributed by atoms with Crippen LogP contribution in [0.1, 0.15) is 38.2 Å². The molecule has 2 heteroatoms. The molecule has 1 atom stereocenters. The summed E-state index contributed by atoms with van der Waals surface area (Å²) in [5, 5.41) is 9.52. The third kappa shape index (κ3) is 3.05. The van der Waals surface area contributed by atoms with Crippen LogP contribution in [0.25, 0.3) is 0 Å². The molecule has 0 aliphatic heterocycles. The van der Waals surface area contributed by atoms with Crippen LogP contribution in [0.3, 0.4) is 0 Å². The summed E-state index contributed by atoms with van der Waals surface area (Å²) in [4.78, 5) is 0. The standard InChI is InChI=1S/C13H19BrO/c1-3-10(4-2)12(9-15)11-7-5-6-8-13(11)14/h5-8,10,12,15H,3-4,9H2,1-2H3. The van der Waals surface area contributed by atoms with E-state index < -0.39 is 0 Å². The Morgan fingerprint density at radius 3 is 2.27 bits per heavy atom. The van der Waals surface area contributed by atoms with E-state index in [0.29, 0.717) is 5.92 Å². The molecule has 1 aromatic carbocycles. The van der Waals surface area contributed by atoms with Crippen LogP contribution in [0.2, 0.25) is 0 Å². The summed E-state index contributed by atoms with van der Waals surface area (Å²) in [7, 11) is 0. The normalized spacial score (nSPS) is 13.1. The van der Waals surface area contributed by atoms with Gasteiger partial charge in [-0.2, -0.15) is 0 Å². The highest BCUT2D eigenvalue weighted by Crippen LogP contribution is 2.33. The van der Waals surface area contributed by atoms with E-state index in [1.807, 2.05) is 18.2 Å². The van der Waals surface area contributed by atoms with Gasteiger partial charge in [-0.05, 0) is 17.5 Å². The molecule has 15 heavy (non-hydrogen) atoms. The Balaban J connectivity index is 2.96. The molecule has 1 aromatic rings. The first kappa shape index (κ1) is 12.7. The molecule has 0 saturated heterocycles. The van der Waals surface area contributed by atoms with Gasteiger partial charge in [0.1, 0.15) is 0 Å². The van der Waals surface area contributed by atoms with Crippen LogP contribution in [0, 0.1) is 5.92 Å². The summed E-state index contributed by atoms with van der Waals surface area (Å²) in [5.74, 6) is 0.823. The summed E-state index contributed by atoms with van der Waals surface area (Å²) in [6, 6.07) is 8.18. The van der Waals surface area contributed by atoms with Crippen LogP contribution >= 0.6 is 15.9 Å². The number of hydrogen-bond donors (Lipinski definition) is 1. The Bertz CT molecular complexity index is 294. The Hall–Kier alpha value is -0.340. The third-order valence-corrected chi connectivity index (χ3v) is 3.84. The predicted molar refractivity (Wildman–Crippen MR) is 68.0 cm³/mol. The zero-order chi connectivity index (χ0) is 11.3. The topological polar surface area (TPSA) is 20.2 Å². The average Bonchev–Trinajstić information content (AvgIpc) is 2.27. The number of rotatable bonds is 5. The van der Waals surface area contributed by atoms with Gasteiger partial charge in [0.2, 0.25) is 0 Å². The second-order valence-electron chi connectivity index (χ2n) is 3.89. The number of aliphatic hydroxyl groups is 1. The lowest BCUT2D eigenvalue weighted by Gasteiger charge is -2.24. The first-order valence-electron chi connectivity index (χ1n) is 5.59. The van der Waals surface area contributed by atoms with Crippen LogP contribution in [0.15, 0.2) is 28.7 Å². The molecule has 1 rings (SSSR count). The van der Waals surface area contributed by atoms with Crippen LogP contribution in [0.4, 0.5) is 0 Å². The van der Waals surface area contributed by atoms with Gasteiger partial charge < -0.3 is 5.11 Å². The fraction of sp³-hybridized carbons (Fsp3) is 0.538. The molecular formula is C13H19BrO. The average molecular weight is 271 g/mol. The summed E-state index contributed by atoms with van der Waals surface area (Å²) >= 11 is 3.55. The van der Waals surface area contributed by atoms with Crippen LogP contribution in [-0.2, 0) is 0 Å². The van der Waals surface area contributed by atoms with Crippen molar-refractivity contribution in [2.45, 2.75) is 32.6 Å². The highest BCUT2D eigenvalue weighted by Gasteiger charge is 2.21. The predicted octanol–water partition coefficient (Wildman–Crippen LogP) is 3.96. The zero-order valence-electron chi connectivity index (χ0n) is 9.41. The molecule has 0 fully saturated rings. The van der Waals surface area contributed by atoms with Crippen LogP contribution < -0.4 is 0 Å². The molecule has 0 heterocycles. The number of halogens is 1. The lowest BCUT2D eigenvalue weighted by molar-refractivity contribution is 0.218. The highest BCUT2D eigenvalue weighted by molar-refractivity contribution is 9.10. The molecule has 0 amide bonds. The van der Waals surface area contributed by atoms with E-state index >= 15 is 0 Å². The minimum atomic E-state index is 0.231. The van der Waals surface area contributed by atoms with Crippen molar-refractivity contribution >= 4 is 15.9 Å². The Kier molecular flexibility index (Phi) is 5.34. The van der Waals surface area contributed by atoms with E-state index in [1.165, 1.54) is 5.56 Å². The van der Waals surface area contributed by atoms with Gasteiger partial charge in [0.15, 0.2) is 0 Å². The largest absolute Gasteiger partial charge is 0.396 e. The minimum Gasteiger partial charge on any atom is -0.396 e. The molecule has 0 spiro atoms. The number of hydrogen-bond acceptors (Lipinski definition) is 1. The van der Waals surface area contributed by atoms with Gasteiger partial charge in [-0.1, -0.05) is 60.8 Å². The van der Waals surface area contributed by atoms with Crippen molar-refractivity contribution in [3.63, 3.8) is 0 Å². The second kappa shape index (κ2) is 6.29. The van der Waals surface area contributed by atoms with Gasteiger partial charge in [-0.25, -0.2) is 0 Å². The maximum Gasteiger partial charge on any atom is 0.0502 e. The van der Waals surface area contributed by atoms with Crippen molar-refractivity contribution in [3.8, 4) is 0 Å². The molecule has 0 aromatic heterocycles. The summed E-state index contributed by atoms with van der Waals surface area (Å²) in [6.07, 6.45) is 2.23. The van der Waals surface area contributed by atoms with E-state index in [4.69, 9.17) is 0 Å². The maximum absolute atomic E-state index is 9.52. The van der Waals surface area contributed by atoms with Gasteiger partial charge in [0.25, 0.3) is 0 Å². The molecule has 0 radical (unpaired) electrons. The van der Waals surface area contributed by atoms with Crippen molar-refractivity contribution in [1.82, 2.24) is 0 Å². The smallest absolute Gasteiger partial charge is 0.0502 e. The van der Waals surface area contributed by atoms with Crippen molar-refractivity contribution in [2.75, 3.05) is 6.61 Å². The lowest BCUT2D eigenvalue weighted by Crippen LogP contribution is -2.16. The number of aliphatic hydroxyl groups excluding tert-OH is 1. The quantitative estimate of drug-likeness (QED) is 0.859. The molecule has 1 N–H and O–H groups in total. The summed E-state index contributed by atoms with van der Waals surface area (Å²) < 4.78 is 1.11. The van der Waals surface area contributed by atoms with Gasteiger partial charge in [-0.3, -0.25) is 0 Å². The van der Waals surface area contributed by atoms with E-state index in [-0.39, 0.29) is 12.5 Å². The van der Waals surface area contributed by atoms with E-state index in [1.54, 1.807) is 0 Å². The van der Waals surface area contributed by atoms with Crippen molar-refractivity contribution in [3.05, 3.63) is 34.3 Å². The number of benzene rings is 1. The fourth-order valence-corrected chi connectivity index (χ4v) is 2.71. The molecule has 0 aliphatic rings. The highest BCUT2D eigenvalue weighted by atomic mass is 79.9. The van der Waals surface area contributed by atoms with Crippen molar-refractivity contribution in [2.24, 2.45) is 5.92 Å². The van der Waals surface area contributed by atoms with Gasteiger partial charge >= 0.3 is 0 Å². The maximum atomic E-state index is 9.52. The SMILES string of the molecule is CCC(CC)C(CO)c1ccccc1Br. The first-order valence-corrected chi connectivity index (χ1v) is 6.39. The Morgan fingerprint density at radius 2 is 1.80 bits per heavy atom. The van der Waals surface area contributed by atoms with Gasteiger partial charge in [-0.15, -0.1) is 0 Å². The third-order valence-electron chi connectivity index (χ3n) is 3.12. The Morgan fingerprint density at radius 1 is 1.20 bits per heavy atom. The Labute approximate surface area is 101 Å². The monoisotopic (exact) mass is 270 g/mol. The van der Waals surface area contributed by atoms with E-state index in [0.717, 1.165) is 17.3 Å². The van der Waals surface area contributed by atoms with E-state index in [9.17, 15) is 5.11 Å². The van der Waals surface area contributed by atoms with Gasteiger partial charge in [0.05, 0.1) is 6.61 Å². The van der Waals surface area contributed by atoms with Crippen LogP contribution in [-0.4, -0.2) is 11.7 Å². The second-order valence-corrected chi connectivity index (χ2v) is 4.74. The zero-order valence-corrected chi connectivity index (χ0v) is 11.0. The molecule has 0 saturated carbocycles. The fourth-order valence-electron chi connectivity index (χ4n) is 2.13. The van der Waals surface area contributed by atoms with Crippen molar-refractivity contribution < 1.29 is 5.11 Å². The van der Waals surface area contributed by atoms with Crippen LogP contribution in [0.5, 0.6) is 0 Å². The molecule has 1 unspecified atom stereocenters. The first-order chi connectivity index (χ1) is 7.24. The lowest BCUT2D eigenvalue weighted by atomic mass is 9.83. The summed E-state index contributed by atoms with van der Waals surface area (Å²) in [5.41, 5.74) is 1.23. The van der Waals surface area contributed by atoms with E-state index in [2.05, 4.69) is 35.8 Å². The van der Waals surface area contributed by atoms with Crippen molar-refractivity contribution in [1.29, 1.82) is 0 Å². The molecule has 0 bridgehead atoms. The summed E-state index contributed by atoms with van der Waals surface area (Å²) in [6.45, 7) is 4.61. The molecule has 0 aliphatic carbocycles. The van der Waals surface area contributed by atoms with Gasteiger partial charge in [0, 0.05) is 10.4 Å².